The van der Waals surface area contributed by atoms with Gasteiger partial charge in [-0.25, -0.2) is 4.79 Å². The van der Waals surface area contributed by atoms with Crippen molar-refractivity contribution in [2.24, 2.45) is 4.99 Å². The monoisotopic (exact) mass is 378 g/mol. The van der Waals surface area contributed by atoms with E-state index in [1.807, 2.05) is 18.3 Å². The van der Waals surface area contributed by atoms with E-state index in [9.17, 15) is 4.79 Å². The zero-order chi connectivity index (χ0) is 20.3. The summed E-state index contributed by atoms with van der Waals surface area (Å²) in [5.41, 5.74) is 5.22. The third-order valence-electron chi connectivity index (χ3n) is 5.45. The van der Waals surface area contributed by atoms with Crippen LogP contribution in [-0.4, -0.2) is 30.9 Å². The number of fused-ring (bicyclic) bond motifs is 1. The van der Waals surface area contributed by atoms with Gasteiger partial charge in [0.15, 0.2) is 0 Å². The van der Waals surface area contributed by atoms with Crippen LogP contribution < -0.4 is 4.90 Å². The fraction of sp³-hybridized carbons (Fsp3) is 0.417. The van der Waals surface area contributed by atoms with Gasteiger partial charge in [-0.3, -0.25) is 4.99 Å². The average Bonchev–Trinajstić information content (AvgIpc) is 2.66. The molecule has 1 aliphatic heterocycles. The lowest BCUT2D eigenvalue weighted by Gasteiger charge is -2.47. The van der Waals surface area contributed by atoms with E-state index in [0.717, 1.165) is 24.2 Å². The van der Waals surface area contributed by atoms with Crippen LogP contribution >= 0.6 is 0 Å². The molecule has 0 spiro atoms. The van der Waals surface area contributed by atoms with E-state index < -0.39 is 0 Å². The van der Waals surface area contributed by atoms with Gasteiger partial charge in [0.1, 0.15) is 0 Å². The first-order chi connectivity index (χ1) is 13.4. The van der Waals surface area contributed by atoms with Crippen LogP contribution in [0.3, 0.4) is 0 Å². The number of carbonyl (C=O) groups is 1. The minimum atomic E-state index is -0.315. The fourth-order valence-corrected chi connectivity index (χ4v) is 4.26. The number of hydrogen-bond donors (Lipinski definition) is 0. The summed E-state index contributed by atoms with van der Waals surface area (Å²) in [7, 11) is 0. The SMILES string of the molecule is CCOC(=O)c1cccc(N=Cc2ccc3c(c2)C(C)CC(C)(C)N3CC)c1. The first-order valence-corrected chi connectivity index (χ1v) is 10.1. The second-order valence-corrected chi connectivity index (χ2v) is 8.01. The van der Waals surface area contributed by atoms with E-state index in [1.54, 1.807) is 19.1 Å². The molecular formula is C24H30N2O2. The lowest BCUT2D eigenvalue weighted by atomic mass is 9.79. The minimum Gasteiger partial charge on any atom is -0.462 e. The van der Waals surface area contributed by atoms with E-state index >= 15 is 0 Å². The molecule has 1 heterocycles. The van der Waals surface area contributed by atoms with Crippen LogP contribution in [-0.2, 0) is 4.74 Å². The van der Waals surface area contributed by atoms with Gasteiger partial charge in [-0.15, -0.1) is 0 Å². The number of esters is 1. The lowest BCUT2D eigenvalue weighted by Crippen LogP contribution is -2.48. The summed E-state index contributed by atoms with van der Waals surface area (Å²) < 4.78 is 5.06. The van der Waals surface area contributed by atoms with Gasteiger partial charge < -0.3 is 9.64 Å². The topological polar surface area (TPSA) is 41.9 Å². The van der Waals surface area contributed by atoms with E-state index in [0.29, 0.717) is 18.1 Å². The van der Waals surface area contributed by atoms with Crippen molar-refractivity contribution in [3.05, 3.63) is 59.2 Å². The van der Waals surface area contributed by atoms with Crippen LogP contribution in [0.1, 0.15) is 68.4 Å². The van der Waals surface area contributed by atoms with Gasteiger partial charge in [0.05, 0.1) is 17.9 Å². The first-order valence-electron chi connectivity index (χ1n) is 10.1. The molecule has 4 nitrogen and oxygen atoms in total. The summed E-state index contributed by atoms with van der Waals surface area (Å²) in [6, 6.07) is 13.8. The highest BCUT2D eigenvalue weighted by molar-refractivity contribution is 5.91. The maximum Gasteiger partial charge on any atom is 0.338 e. The Morgan fingerprint density at radius 2 is 2.04 bits per heavy atom. The summed E-state index contributed by atoms with van der Waals surface area (Å²) in [4.78, 5) is 19.0. The molecule has 0 saturated carbocycles. The molecule has 0 fully saturated rings. The molecule has 0 N–H and O–H groups in total. The number of benzene rings is 2. The van der Waals surface area contributed by atoms with Crippen molar-refractivity contribution in [2.45, 2.75) is 52.5 Å². The number of aliphatic imine (C=N–C) groups is 1. The van der Waals surface area contributed by atoms with Crippen molar-refractivity contribution in [3.8, 4) is 0 Å². The highest BCUT2D eigenvalue weighted by Gasteiger charge is 2.35. The third kappa shape index (κ3) is 4.11. The van der Waals surface area contributed by atoms with Gasteiger partial charge in [0, 0.05) is 24.0 Å². The molecule has 2 aromatic rings. The highest BCUT2D eigenvalue weighted by Crippen LogP contribution is 2.43. The molecule has 1 atom stereocenters. The molecule has 1 aliphatic rings. The Morgan fingerprint density at radius 3 is 2.75 bits per heavy atom. The number of hydrogen-bond acceptors (Lipinski definition) is 4. The molecule has 1 unspecified atom stereocenters. The Morgan fingerprint density at radius 1 is 1.25 bits per heavy atom. The smallest absolute Gasteiger partial charge is 0.338 e. The highest BCUT2D eigenvalue weighted by atomic mass is 16.5. The molecule has 2 aromatic carbocycles. The molecule has 0 aromatic heterocycles. The number of nitrogens with zero attached hydrogens (tertiary/aromatic N) is 2. The van der Waals surface area contributed by atoms with Crippen LogP contribution in [0.15, 0.2) is 47.5 Å². The standard InChI is InChI=1S/C24H30N2O2/c1-6-26-22-12-11-18(13-21(22)17(3)15-24(26,4)5)16-25-20-10-8-9-19(14-20)23(27)28-7-2/h8-14,16-17H,6-7,15H2,1-5H3. The van der Waals surface area contributed by atoms with Crippen molar-refractivity contribution < 1.29 is 9.53 Å². The van der Waals surface area contributed by atoms with Crippen molar-refractivity contribution in [1.82, 2.24) is 0 Å². The van der Waals surface area contributed by atoms with Crippen LogP contribution in [0.5, 0.6) is 0 Å². The van der Waals surface area contributed by atoms with Crippen molar-refractivity contribution >= 4 is 23.6 Å². The van der Waals surface area contributed by atoms with Crippen LogP contribution in [0.25, 0.3) is 0 Å². The van der Waals surface area contributed by atoms with Crippen LogP contribution in [0.2, 0.25) is 0 Å². The van der Waals surface area contributed by atoms with Crippen molar-refractivity contribution in [1.29, 1.82) is 0 Å². The Labute approximate surface area is 168 Å². The van der Waals surface area contributed by atoms with Crippen LogP contribution in [0, 0.1) is 0 Å². The Kier molecular flexibility index (Phi) is 5.87. The second-order valence-electron chi connectivity index (χ2n) is 8.01. The van der Waals surface area contributed by atoms with Gasteiger partial charge in [0.25, 0.3) is 0 Å². The number of ether oxygens (including phenoxy) is 1. The maximum absolute atomic E-state index is 11.9. The Bertz CT molecular complexity index is 886. The zero-order valence-corrected chi connectivity index (χ0v) is 17.5. The summed E-state index contributed by atoms with van der Waals surface area (Å²) in [6.07, 6.45) is 3.00. The number of carbonyl (C=O) groups excluding carboxylic acids is 1. The summed E-state index contributed by atoms with van der Waals surface area (Å²) in [5.74, 6) is 0.192. The van der Waals surface area contributed by atoms with E-state index in [1.165, 1.54) is 11.3 Å². The molecule has 0 bridgehead atoms. The molecule has 0 saturated heterocycles. The molecule has 3 rings (SSSR count). The molecule has 148 valence electrons. The summed E-state index contributed by atoms with van der Waals surface area (Å²) >= 11 is 0. The number of rotatable bonds is 5. The van der Waals surface area contributed by atoms with Gasteiger partial charge >= 0.3 is 5.97 Å². The van der Waals surface area contributed by atoms with E-state index in [4.69, 9.17) is 4.74 Å². The first kappa shape index (κ1) is 20.1. The summed E-state index contributed by atoms with van der Waals surface area (Å²) in [5, 5.41) is 0. The molecule has 4 heteroatoms. The molecule has 0 radical (unpaired) electrons. The normalized spacial score (nSPS) is 18.2. The zero-order valence-electron chi connectivity index (χ0n) is 17.5. The summed E-state index contributed by atoms with van der Waals surface area (Å²) in [6.45, 7) is 12.3. The molecule has 0 amide bonds. The fourth-order valence-electron chi connectivity index (χ4n) is 4.26. The van der Waals surface area contributed by atoms with Gasteiger partial charge in [-0.1, -0.05) is 19.1 Å². The maximum atomic E-state index is 11.9. The Hall–Kier alpha value is -2.62. The Balaban J connectivity index is 1.86. The van der Waals surface area contributed by atoms with Gasteiger partial charge in [-0.2, -0.15) is 0 Å². The minimum absolute atomic E-state index is 0.171. The largest absolute Gasteiger partial charge is 0.462 e. The number of anilines is 1. The second kappa shape index (κ2) is 8.17. The van der Waals surface area contributed by atoms with Crippen LogP contribution in [0.4, 0.5) is 11.4 Å². The average molecular weight is 379 g/mol. The molecule has 0 aliphatic carbocycles. The van der Waals surface area contributed by atoms with Gasteiger partial charge in [-0.05, 0) is 81.5 Å². The third-order valence-corrected chi connectivity index (χ3v) is 5.45. The van der Waals surface area contributed by atoms with E-state index in [2.05, 4.69) is 55.8 Å². The quantitative estimate of drug-likeness (QED) is 0.493. The van der Waals surface area contributed by atoms with E-state index in [-0.39, 0.29) is 11.5 Å². The molecule has 28 heavy (non-hydrogen) atoms. The van der Waals surface area contributed by atoms with Gasteiger partial charge in [0.2, 0.25) is 0 Å². The van der Waals surface area contributed by atoms with Crippen molar-refractivity contribution in [3.63, 3.8) is 0 Å². The predicted molar refractivity (Wildman–Crippen MR) is 116 cm³/mol. The lowest BCUT2D eigenvalue weighted by molar-refractivity contribution is 0.0526. The molecular weight excluding hydrogens is 348 g/mol. The predicted octanol–water partition coefficient (Wildman–Crippen LogP) is 5.73. The van der Waals surface area contributed by atoms with Crippen molar-refractivity contribution in [2.75, 3.05) is 18.1 Å².